The van der Waals surface area contributed by atoms with Crippen LogP contribution in [0.5, 0.6) is 0 Å². The molecule has 0 aromatic carbocycles. The third-order valence-corrected chi connectivity index (χ3v) is 5.22. The van der Waals surface area contributed by atoms with E-state index in [1.807, 2.05) is 0 Å². The molecule has 0 rings (SSSR count). The molecule has 104 valence electrons. The van der Waals surface area contributed by atoms with Crippen molar-refractivity contribution in [3.8, 4) is 0 Å². The van der Waals surface area contributed by atoms with Gasteiger partial charge in [0.05, 0.1) is 0 Å². The van der Waals surface area contributed by atoms with Crippen LogP contribution in [0.25, 0.3) is 0 Å². The van der Waals surface area contributed by atoms with Crippen LogP contribution in [0.4, 0.5) is 0 Å². The molecular formula is C10H25NO4P2. The zero-order valence-electron chi connectivity index (χ0n) is 11.5. The molecule has 0 aromatic heterocycles. The average molecular weight is 285 g/mol. The second-order valence-corrected chi connectivity index (χ2v) is 6.96. The molecule has 0 aliphatic carbocycles. The van der Waals surface area contributed by atoms with Crippen molar-refractivity contribution >= 4 is 16.8 Å². The number of nitrogens with zero attached hydrogens (tertiary/aromatic N) is 1. The van der Waals surface area contributed by atoms with Gasteiger partial charge in [0.1, 0.15) is 0 Å². The zero-order chi connectivity index (χ0) is 13.1. The van der Waals surface area contributed by atoms with Crippen molar-refractivity contribution in [2.45, 2.75) is 6.92 Å². The molecule has 0 saturated heterocycles. The minimum absolute atomic E-state index is 0.727. The molecule has 0 N–H and O–H groups in total. The molecule has 0 atom stereocenters. The first-order chi connectivity index (χ1) is 8.21. The maximum Gasteiger partial charge on any atom is 0.171 e. The Labute approximate surface area is 108 Å². The Morgan fingerprint density at radius 1 is 0.765 bits per heavy atom. The van der Waals surface area contributed by atoms with Crippen molar-refractivity contribution in [2.75, 3.05) is 60.4 Å². The molecule has 0 aromatic rings. The predicted molar refractivity (Wildman–Crippen MR) is 73.7 cm³/mol. The minimum atomic E-state index is -0.727. The first-order valence-corrected chi connectivity index (χ1v) is 8.38. The van der Waals surface area contributed by atoms with Crippen molar-refractivity contribution in [2.24, 2.45) is 0 Å². The SMILES string of the molecule is CCN(CCP(OC)OC)CCP(OC)OC. The highest BCUT2D eigenvalue weighted by Crippen LogP contribution is 2.37. The largest absolute Gasteiger partial charge is 0.337 e. The molecule has 0 amide bonds. The third-order valence-electron chi connectivity index (χ3n) is 2.46. The molecule has 0 radical (unpaired) electrons. The quantitative estimate of drug-likeness (QED) is 0.546. The monoisotopic (exact) mass is 285 g/mol. The summed E-state index contributed by atoms with van der Waals surface area (Å²) < 4.78 is 20.9. The van der Waals surface area contributed by atoms with Crippen LogP contribution in [0.15, 0.2) is 0 Å². The fraction of sp³-hybridized carbons (Fsp3) is 1.00. The van der Waals surface area contributed by atoms with E-state index in [1.54, 1.807) is 28.4 Å². The van der Waals surface area contributed by atoms with Crippen LogP contribution in [0.1, 0.15) is 6.92 Å². The lowest BCUT2D eigenvalue weighted by atomic mass is 10.5. The summed E-state index contributed by atoms with van der Waals surface area (Å²) in [6, 6.07) is 0. The first kappa shape index (κ1) is 17.7. The van der Waals surface area contributed by atoms with E-state index in [4.69, 9.17) is 18.1 Å². The Balaban J connectivity index is 3.82. The Morgan fingerprint density at radius 3 is 1.35 bits per heavy atom. The second kappa shape index (κ2) is 11.7. The van der Waals surface area contributed by atoms with Gasteiger partial charge in [0.2, 0.25) is 0 Å². The summed E-state index contributed by atoms with van der Waals surface area (Å²) in [7, 11) is 5.33. The summed E-state index contributed by atoms with van der Waals surface area (Å²) in [5.41, 5.74) is 0. The highest BCUT2D eigenvalue weighted by molar-refractivity contribution is 7.47. The van der Waals surface area contributed by atoms with Crippen LogP contribution in [0.3, 0.4) is 0 Å². The van der Waals surface area contributed by atoms with E-state index in [0.717, 1.165) is 32.0 Å². The Bertz CT molecular complexity index is 152. The highest BCUT2D eigenvalue weighted by atomic mass is 31.2. The van der Waals surface area contributed by atoms with Crippen LogP contribution < -0.4 is 0 Å². The number of rotatable bonds is 11. The van der Waals surface area contributed by atoms with Crippen LogP contribution in [-0.4, -0.2) is 65.3 Å². The predicted octanol–water partition coefficient (Wildman–Crippen LogP) is 2.52. The van der Waals surface area contributed by atoms with E-state index >= 15 is 0 Å². The van der Waals surface area contributed by atoms with Crippen LogP contribution >= 0.6 is 16.8 Å². The van der Waals surface area contributed by atoms with Crippen molar-refractivity contribution in [3.63, 3.8) is 0 Å². The van der Waals surface area contributed by atoms with Gasteiger partial charge in [-0.05, 0) is 6.54 Å². The van der Waals surface area contributed by atoms with Gasteiger partial charge < -0.3 is 23.0 Å². The molecule has 0 saturated carbocycles. The average Bonchev–Trinajstić information content (AvgIpc) is 2.38. The van der Waals surface area contributed by atoms with Gasteiger partial charge in [0.25, 0.3) is 0 Å². The molecule has 5 nitrogen and oxygen atoms in total. The molecule has 0 spiro atoms. The normalized spacial score (nSPS) is 12.0. The van der Waals surface area contributed by atoms with Crippen LogP contribution in [0.2, 0.25) is 0 Å². The van der Waals surface area contributed by atoms with Gasteiger partial charge in [0, 0.05) is 53.9 Å². The van der Waals surface area contributed by atoms with Gasteiger partial charge in [-0.25, -0.2) is 0 Å². The summed E-state index contributed by atoms with van der Waals surface area (Å²) in [5, 5.41) is 0. The van der Waals surface area contributed by atoms with E-state index in [2.05, 4.69) is 11.8 Å². The summed E-state index contributed by atoms with van der Waals surface area (Å²) in [6.45, 7) is 5.15. The molecule has 0 heterocycles. The number of hydrogen-bond acceptors (Lipinski definition) is 5. The lowest BCUT2D eigenvalue weighted by molar-refractivity contribution is 0.292. The first-order valence-electron chi connectivity index (χ1n) is 5.65. The van der Waals surface area contributed by atoms with E-state index in [9.17, 15) is 0 Å². The topological polar surface area (TPSA) is 40.2 Å². The Hall–Kier alpha value is 0.660. The smallest absolute Gasteiger partial charge is 0.171 e. The fourth-order valence-electron chi connectivity index (χ4n) is 1.39. The molecule has 0 fully saturated rings. The molecule has 0 bridgehead atoms. The third kappa shape index (κ3) is 8.39. The molecular weight excluding hydrogens is 260 g/mol. The summed E-state index contributed by atoms with van der Waals surface area (Å²) in [4.78, 5) is 2.36. The highest BCUT2D eigenvalue weighted by Gasteiger charge is 2.12. The lowest BCUT2D eigenvalue weighted by Gasteiger charge is -2.23. The second-order valence-electron chi connectivity index (χ2n) is 3.28. The van der Waals surface area contributed by atoms with Gasteiger partial charge in [0.15, 0.2) is 16.8 Å². The summed E-state index contributed by atoms with van der Waals surface area (Å²) in [5.74, 6) is 0. The minimum Gasteiger partial charge on any atom is -0.337 e. The van der Waals surface area contributed by atoms with Crippen molar-refractivity contribution in [1.82, 2.24) is 4.90 Å². The number of hydrogen-bond donors (Lipinski definition) is 0. The summed E-state index contributed by atoms with van der Waals surface area (Å²) >= 11 is 0. The summed E-state index contributed by atoms with van der Waals surface area (Å²) in [6.07, 6.45) is 1.88. The van der Waals surface area contributed by atoms with Gasteiger partial charge >= 0.3 is 0 Å². The van der Waals surface area contributed by atoms with Crippen LogP contribution in [0, 0.1) is 0 Å². The molecule has 17 heavy (non-hydrogen) atoms. The Kier molecular flexibility index (Phi) is 12.2. The fourth-order valence-corrected chi connectivity index (χ4v) is 3.31. The van der Waals surface area contributed by atoms with Gasteiger partial charge in [-0.1, -0.05) is 6.92 Å². The Morgan fingerprint density at radius 2 is 1.12 bits per heavy atom. The van der Waals surface area contributed by atoms with E-state index in [-0.39, 0.29) is 0 Å². The van der Waals surface area contributed by atoms with E-state index < -0.39 is 16.8 Å². The van der Waals surface area contributed by atoms with E-state index in [1.165, 1.54) is 0 Å². The van der Waals surface area contributed by atoms with Crippen molar-refractivity contribution in [1.29, 1.82) is 0 Å². The molecule has 0 aliphatic heterocycles. The van der Waals surface area contributed by atoms with Crippen molar-refractivity contribution < 1.29 is 18.1 Å². The van der Waals surface area contributed by atoms with Gasteiger partial charge in [-0.2, -0.15) is 0 Å². The zero-order valence-corrected chi connectivity index (χ0v) is 13.3. The van der Waals surface area contributed by atoms with Crippen LogP contribution in [-0.2, 0) is 18.1 Å². The van der Waals surface area contributed by atoms with E-state index in [0.29, 0.717) is 0 Å². The molecule has 7 heteroatoms. The molecule has 0 aliphatic rings. The lowest BCUT2D eigenvalue weighted by Crippen LogP contribution is -2.29. The maximum atomic E-state index is 5.23. The van der Waals surface area contributed by atoms with Crippen molar-refractivity contribution in [3.05, 3.63) is 0 Å². The van der Waals surface area contributed by atoms with Gasteiger partial charge in [-0.3, -0.25) is 0 Å². The van der Waals surface area contributed by atoms with Gasteiger partial charge in [-0.15, -0.1) is 0 Å². The standard InChI is InChI=1S/C10H25NO4P2/c1-6-11(7-9-16(12-2)13-3)8-10-17(14-4)15-5/h6-10H2,1-5H3. The molecule has 0 unspecified atom stereocenters. The maximum absolute atomic E-state index is 5.23.